The minimum absolute atomic E-state index is 0. The van der Waals surface area contributed by atoms with Crippen LogP contribution in [0.2, 0.25) is 0 Å². The number of rotatable bonds is 8. The maximum absolute atomic E-state index is 12.8. The van der Waals surface area contributed by atoms with E-state index in [1.807, 2.05) is 0 Å². The van der Waals surface area contributed by atoms with Crippen LogP contribution in [0.4, 0.5) is 0 Å². The number of likely N-dealkylation sites (N-methyl/N-ethyl adjacent to an activating group) is 1. The van der Waals surface area contributed by atoms with Crippen molar-refractivity contribution in [2.45, 2.75) is 20.4 Å². The summed E-state index contributed by atoms with van der Waals surface area (Å²) in [5.41, 5.74) is -0.151. The molecule has 0 saturated carbocycles. The Bertz CT molecular complexity index is 873. The van der Waals surface area contributed by atoms with Gasteiger partial charge in [-0.3, -0.25) is 9.59 Å². The summed E-state index contributed by atoms with van der Waals surface area (Å²) >= 11 is 0. The molecule has 0 fully saturated rings. The van der Waals surface area contributed by atoms with E-state index in [9.17, 15) is 14.7 Å². The summed E-state index contributed by atoms with van der Waals surface area (Å²) < 4.78 is 2.28. The van der Waals surface area contributed by atoms with E-state index in [1.54, 1.807) is 30.3 Å². The quantitative estimate of drug-likeness (QED) is 0.290. The zero-order chi connectivity index (χ0) is 19.3. The third kappa shape index (κ3) is 4.90. The molecular weight excluding hydrogens is 457 g/mol. The molecule has 0 aliphatic carbocycles. The number of quaternary nitrogens is 1. The normalized spacial score (nSPS) is 11.1. The fourth-order valence-corrected chi connectivity index (χ4v) is 2.97. The van der Waals surface area contributed by atoms with Gasteiger partial charge in [0.25, 0.3) is 11.5 Å². The highest BCUT2D eigenvalue weighted by molar-refractivity contribution is 6.02. The number of benzene rings is 1. The number of hydrogen-bond acceptors (Lipinski definition) is 3. The number of nitrogens with one attached hydrogen (secondary N) is 1. The fraction of sp³-hybridized carbons (Fsp3) is 0.400. The van der Waals surface area contributed by atoms with E-state index in [0.717, 1.165) is 24.1 Å². The molecule has 2 rings (SSSR count). The van der Waals surface area contributed by atoms with Crippen molar-refractivity contribution in [2.24, 2.45) is 0 Å². The molecule has 0 aliphatic heterocycles. The number of aromatic hydroxyl groups is 1. The molecule has 7 heteroatoms. The molecule has 0 saturated heterocycles. The van der Waals surface area contributed by atoms with Crippen LogP contribution in [0.3, 0.4) is 0 Å². The molecule has 0 spiro atoms. The topological polar surface area (TPSA) is 71.3 Å². The van der Waals surface area contributed by atoms with Gasteiger partial charge in [0.2, 0.25) is 0 Å². The van der Waals surface area contributed by atoms with Crippen molar-refractivity contribution >= 4 is 16.8 Å². The van der Waals surface area contributed by atoms with Gasteiger partial charge in [0.15, 0.2) is 0 Å². The SMILES string of the molecule is C=CCn1c(=O)c(C(=O)NCC[N+](C)(CC)CC)c(O)c2ccccc21.[I-]. The number of para-hydroxylation sites is 1. The largest absolute Gasteiger partial charge is 1.00 e. The van der Waals surface area contributed by atoms with Crippen molar-refractivity contribution in [3.8, 4) is 5.75 Å². The van der Waals surface area contributed by atoms with Crippen LogP contribution in [-0.2, 0) is 6.54 Å². The van der Waals surface area contributed by atoms with Crippen molar-refractivity contribution in [1.82, 2.24) is 9.88 Å². The van der Waals surface area contributed by atoms with Gasteiger partial charge >= 0.3 is 0 Å². The molecule has 1 amide bonds. The smallest absolute Gasteiger partial charge is 0.268 e. The molecule has 0 aliphatic rings. The van der Waals surface area contributed by atoms with Gasteiger partial charge in [-0.25, -0.2) is 0 Å². The Morgan fingerprint density at radius 2 is 1.93 bits per heavy atom. The second kappa shape index (κ2) is 9.89. The van der Waals surface area contributed by atoms with E-state index in [-0.39, 0.29) is 41.8 Å². The lowest BCUT2D eigenvalue weighted by molar-refractivity contribution is -0.904. The average Bonchev–Trinajstić information content (AvgIpc) is 2.65. The van der Waals surface area contributed by atoms with E-state index in [4.69, 9.17) is 0 Å². The maximum atomic E-state index is 12.8. The summed E-state index contributed by atoms with van der Waals surface area (Å²) in [6, 6.07) is 6.99. The number of carbonyl (C=O) groups is 1. The number of fused-ring (bicyclic) bond motifs is 1. The minimum atomic E-state index is -0.546. The van der Waals surface area contributed by atoms with Gasteiger partial charge in [0.1, 0.15) is 11.3 Å². The highest BCUT2D eigenvalue weighted by Gasteiger charge is 2.23. The van der Waals surface area contributed by atoms with Crippen molar-refractivity contribution in [3.05, 3.63) is 52.8 Å². The Morgan fingerprint density at radius 1 is 1.30 bits per heavy atom. The number of nitrogens with zero attached hydrogens (tertiary/aromatic N) is 2. The van der Waals surface area contributed by atoms with Crippen LogP contribution in [0.1, 0.15) is 24.2 Å². The molecule has 1 heterocycles. The molecule has 0 radical (unpaired) electrons. The minimum Gasteiger partial charge on any atom is -1.00 e. The summed E-state index contributed by atoms with van der Waals surface area (Å²) in [5.74, 6) is -0.818. The summed E-state index contributed by atoms with van der Waals surface area (Å²) in [4.78, 5) is 25.4. The van der Waals surface area contributed by atoms with Crippen LogP contribution in [0, 0.1) is 0 Å². The molecule has 148 valence electrons. The second-order valence-corrected chi connectivity index (χ2v) is 6.68. The van der Waals surface area contributed by atoms with E-state index >= 15 is 0 Å². The number of amides is 1. The first-order valence-corrected chi connectivity index (χ1v) is 8.95. The number of hydrogen-bond donors (Lipinski definition) is 2. The first-order valence-electron chi connectivity index (χ1n) is 8.95. The zero-order valence-corrected chi connectivity index (χ0v) is 18.3. The van der Waals surface area contributed by atoms with Gasteiger partial charge in [-0.2, -0.15) is 0 Å². The standard InChI is InChI=1S/C20H27N3O3.HI/c1-5-13-22-16-11-9-8-10-15(16)18(24)17(20(22)26)19(25)21-12-14-23(4,6-2)7-3;/h5,8-11H,1,6-7,12-14H2,2-4H3,(H-,21,24,25,26);1H. The highest BCUT2D eigenvalue weighted by Crippen LogP contribution is 2.26. The molecule has 0 atom stereocenters. The average molecular weight is 485 g/mol. The number of halogens is 1. The van der Waals surface area contributed by atoms with Gasteiger partial charge in [-0.15, -0.1) is 6.58 Å². The summed E-state index contributed by atoms with van der Waals surface area (Å²) in [7, 11) is 2.12. The third-order valence-electron chi connectivity index (χ3n) is 5.15. The highest BCUT2D eigenvalue weighted by atomic mass is 127. The Hall–Kier alpha value is -1.87. The molecule has 27 heavy (non-hydrogen) atoms. The van der Waals surface area contributed by atoms with E-state index in [0.29, 0.717) is 17.4 Å². The Balaban J connectivity index is 0.00000364. The van der Waals surface area contributed by atoms with Crippen molar-refractivity contribution in [1.29, 1.82) is 0 Å². The van der Waals surface area contributed by atoms with Crippen molar-refractivity contribution in [2.75, 3.05) is 33.2 Å². The number of allylic oxidation sites excluding steroid dienone is 1. The third-order valence-corrected chi connectivity index (χ3v) is 5.15. The van der Waals surface area contributed by atoms with Gasteiger partial charge in [-0.1, -0.05) is 18.2 Å². The monoisotopic (exact) mass is 485 g/mol. The van der Waals surface area contributed by atoms with Gasteiger partial charge in [0.05, 0.1) is 38.7 Å². The number of carbonyl (C=O) groups excluding carboxylic acids is 1. The van der Waals surface area contributed by atoms with Crippen LogP contribution >= 0.6 is 0 Å². The molecule has 1 aromatic carbocycles. The van der Waals surface area contributed by atoms with E-state index in [1.165, 1.54) is 4.57 Å². The molecule has 1 aromatic heterocycles. The van der Waals surface area contributed by atoms with Gasteiger partial charge in [-0.05, 0) is 26.0 Å². The van der Waals surface area contributed by atoms with Gasteiger partial charge < -0.3 is 43.5 Å². The lowest BCUT2D eigenvalue weighted by Crippen LogP contribution is -3.00. The van der Waals surface area contributed by atoms with Crippen molar-refractivity contribution in [3.63, 3.8) is 0 Å². The Kier molecular flexibility index (Phi) is 8.49. The van der Waals surface area contributed by atoms with Crippen LogP contribution < -0.4 is 34.9 Å². The predicted octanol–water partition coefficient (Wildman–Crippen LogP) is -0.887. The molecule has 2 N–H and O–H groups in total. The first-order chi connectivity index (χ1) is 12.4. The van der Waals surface area contributed by atoms with Crippen LogP contribution in [0.5, 0.6) is 5.75 Å². The van der Waals surface area contributed by atoms with Crippen molar-refractivity contribution < 1.29 is 38.4 Å². The zero-order valence-electron chi connectivity index (χ0n) is 16.2. The summed E-state index contributed by atoms with van der Waals surface area (Å²) in [6.45, 7) is 11.3. The maximum Gasteiger partial charge on any atom is 0.268 e. The molecule has 2 aromatic rings. The molecule has 0 bridgehead atoms. The summed E-state index contributed by atoms with van der Waals surface area (Å²) in [5, 5.41) is 13.8. The first kappa shape index (κ1) is 23.2. The lowest BCUT2D eigenvalue weighted by Gasteiger charge is -2.32. The van der Waals surface area contributed by atoms with Gasteiger partial charge in [0, 0.05) is 11.9 Å². The molecule has 6 nitrogen and oxygen atoms in total. The number of aromatic nitrogens is 1. The van der Waals surface area contributed by atoms with Crippen LogP contribution in [0.15, 0.2) is 41.7 Å². The van der Waals surface area contributed by atoms with E-state index < -0.39 is 11.5 Å². The summed E-state index contributed by atoms with van der Waals surface area (Å²) in [6.07, 6.45) is 1.60. The molecular formula is C20H28IN3O3. The fourth-order valence-electron chi connectivity index (χ4n) is 2.97. The second-order valence-electron chi connectivity index (χ2n) is 6.68. The Morgan fingerprint density at radius 3 is 2.52 bits per heavy atom. The van der Waals surface area contributed by atoms with E-state index in [2.05, 4.69) is 32.8 Å². The predicted molar refractivity (Wildman–Crippen MR) is 105 cm³/mol. The molecule has 0 unspecified atom stereocenters. The lowest BCUT2D eigenvalue weighted by atomic mass is 10.1. The van der Waals surface area contributed by atoms with Crippen LogP contribution in [0.25, 0.3) is 10.9 Å². The Labute approximate surface area is 177 Å². The number of pyridine rings is 1. The van der Waals surface area contributed by atoms with Crippen LogP contribution in [-0.4, -0.2) is 53.3 Å².